The van der Waals surface area contributed by atoms with E-state index >= 15 is 0 Å². The highest BCUT2D eigenvalue weighted by Gasteiger charge is 2.27. The monoisotopic (exact) mass is 209 g/mol. The van der Waals surface area contributed by atoms with Gasteiger partial charge in [0, 0.05) is 12.2 Å². The van der Waals surface area contributed by atoms with Crippen molar-refractivity contribution in [3.05, 3.63) is 0 Å². The van der Waals surface area contributed by atoms with Gasteiger partial charge in [-0.15, -0.1) is 0 Å². The number of carbonyl (C=O) groups excluding carboxylic acids is 1. The summed E-state index contributed by atoms with van der Waals surface area (Å²) in [5.41, 5.74) is 0.284. The molecule has 2 heterocycles. The lowest BCUT2D eigenvalue weighted by molar-refractivity contribution is -0.123. The van der Waals surface area contributed by atoms with Crippen LogP contribution in [0.1, 0.15) is 12.8 Å². The number of nitrogens with zero attached hydrogens (tertiary/aromatic N) is 3. The van der Waals surface area contributed by atoms with E-state index in [9.17, 15) is 4.79 Å². The lowest BCUT2D eigenvalue weighted by Gasteiger charge is -2.26. The largest absolute Gasteiger partial charge is 0.299 e. The Hall–Kier alpha value is -1.17. The second-order valence-corrected chi connectivity index (χ2v) is 3.99. The van der Waals surface area contributed by atoms with Crippen molar-refractivity contribution >= 4 is 35.7 Å². The van der Waals surface area contributed by atoms with Crippen LogP contribution in [0.2, 0.25) is 0 Å². The molecule has 0 aromatic rings. The van der Waals surface area contributed by atoms with Gasteiger partial charge in [0.15, 0.2) is 12.2 Å². The molecule has 2 aliphatic rings. The van der Waals surface area contributed by atoms with Crippen molar-refractivity contribution in [2.45, 2.75) is 12.8 Å². The molecule has 0 saturated carbocycles. The van der Waals surface area contributed by atoms with Crippen molar-refractivity contribution in [2.75, 3.05) is 12.3 Å². The molecule has 2 aliphatic heterocycles. The Morgan fingerprint density at radius 3 is 3.14 bits per heavy atom. The van der Waals surface area contributed by atoms with Crippen LogP contribution >= 0.6 is 11.9 Å². The second kappa shape index (κ2) is 3.91. The van der Waals surface area contributed by atoms with Crippen LogP contribution in [0.5, 0.6) is 0 Å². The van der Waals surface area contributed by atoms with Crippen molar-refractivity contribution in [3.63, 3.8) is 0 Å². The van der Waals surface area contributed by atoms with E-state index in [4.69, 9.17) is 5.41 Å². The topological polar surface area (TPSA) is 68.9 Å². The Bertz CT molecular complexity index is 336. The highest BCUT2D eigenvalue weighted by molar-refractivity contribution is 7.98. The molecular weight excluding hydrogens is 200 g/mol. The van der Waals surface area contributed by atoms with Gasteiger partial charge in [-0.3, -0.25) is 15.2 Å². The van der Waals surface area contributed by atoms with Crippen LogP contribution in [0.3, 0.4) is 0 Å². The fraction of sp³-hybridized carbons (Fsp3) is 0.500. The van der Waals surface area contributed by atoms with Gasteiger partial charge >= 0.3 is 0 Å². The van der Waals surface area contributed by atoms with E-state index in [-0.39, 0.29) is 18.2 Å². The zero-order chi connectivity index (χ0) is 9.97. The summed E-state index contributed by atoms with van der Waals surface area (Å²) in [5, 5.41) is 7.60. The van der Waals surface area contributed by atoms with Crippen LogP contribution in [0.4, 0.5) is 0 Å². The molecule has 6 heteroatoms. The van der Waals surface area contributed by atoms with E-state index < -0.39 is 0 Å². The first-order valence-corrected chi connectivity index (χ1v) is 5.26. The Morgan fingerprint density at radius 2 is 2.43 bits per heavy atom. The maximum absolute atomic E-state index is 11.5. The number of nitrogens with one attached hydrogen (secondary N) is 1. The first-order valence-electron chi connectivity index (χ1n) is 4.32. The Balaban J connectivity index is 2.20. The summed E-state index contributed by atoms with van der Waals surface area (Å²) in [6.07, 6.45) is 3.89. The average molecular weight is 209 g/mol. The number of amides is 1. The Morgan fingerprint density at radius 1 is 1.57 bits per heavy atom. The molecule has 1 radical (unpaired) electrons. The van der Waals surface area contributed by atoms with Crippen LogP contribution in [0.15, 0.2) is 9.98 Å². The molecule has 73 valence electrons. The number of hydrogen-bond donors (Lipinski definition) is 1. The number of amidine groups is 1. The molecule has 0 aromatic carbocycles. The van der Waals surface area contributed by atoms with Crippen molar-refractivity contribution in [2.24, 2.45) is 9.98 Å². The zero-order valence-corrected chi connectivity index (χ0v) is 8.30. The number of carbonyl (C=O) groups is 1. The van der Waals surface area contributed by atoms with Crippen molar-refractivity contribution < 1.29 is 4.79 Å². The Kier molecular flexibility index (Phi) is 2.62. The molecule has 0 bridgehead atoms. The van der Waals surface area contributed by atoms with Crippen molar-refractivity contribution in [3.8, 4) is 0 Å². The van der Waals surface area contributed by atoms with E-state index in [1.807, 2.05) is 0 Å². The minimum absolute atomic E-state index is 0.0217. The maximum atomic E-state index is 11.5. The fourth-order valence-corrected chi connectivity index (χ4v) is 2.20. The third-order valence-corrected chi connectivity index (χ3v) is 3.01. The van der Waals surface area contributed by atoms with Gasteiger partial charge in [-0.05, 0) is 18.4 Å². The van der Waals surface area contributed by atoms with Gasteiger partial charge < -0.3 is 0 Å². The van der Waals surface area contributed by atoms with Gasteiger partial charge in [-0.1, -0.05) is 0 Å². The van der Waals surface area contributed by atoms with Gasteiger partial charge in [-0.25, -0.2) is 9.30 Å². The van der Waals surface area contributed by atoms with Crippen molar-refractivity contribution in [1.29, 1.82) is 5.41 Å². The quantitative estimate of drug-likeness (QED) is 0.593. The molecule has 0 spiro atoms. The molecule has 1 fully saturated rings. The predicted molar refractivity (Wildman–Crippen MR) is 56.0 cm³/mol. The molecule has 1 N–H and O–H groups in total. The standard InChI is InChI=1S/C8H9N4OS/c9-6-4-10-5-11-8(6)12-7(13)2-1-3-14-12/h9H,1-4H2. The first-order chi connectivity index (χ1) is 6.79. The van der Waals surface area contributed by atoms with Gasteiger partial charge in [0.05, 0.1) is 12.3 Å². The highest BCUT2D eigenvalue weighted by atomic mass is 32.2. The minimum Gasteiger partial charge on any atom is -0.299 e. The van der Waals surface area contributed by atoms with E-state index in [1.54, 1.807) is 0 Å². The molecule has 0 unspecified atom stereocenters. The summed E-state index contributed by atoms with van der Waals surface area (Å²) < 4.78 is 1.49. The predicted octanol–water partition coefficient (Wildman–Crippen LogP) is 0.594. The third-order valence-electron chi connectivity index (χ3n) is 1.91. The molecule has 0 aromatic heterocycles. The lowest BCUT2D eigenvalue weighted by atomic mass is 10.2. The Labute approximate surface area is 85.9 Å². The van der Waals surface area contributed by atoms with Gasteiger partial charge in [0.1, 0.15) is 0 Å². The molecule has 1 amide bonds. The number of hydrogen-bond acceptors (Lipinski definition) is 5. The zero-order valence-electron chi connectivity index (χ0n) is 7.49. The summed E-state index contributed by atoms with van der Waals surface area (Å²) in [6.45, 7) is 0.267. The van der Waals surface area contributed by atoms with Crippen LogP contribution in [-0.4, -0.2) is 40.4 Å². The third kappa shape index (κ3) is 1.70. The maximum Gasteiger partial charge on any atom is 0.238 e. The average Bonchev–Trinajstić information content (AvgIpc) is 2.20. The van der Waals surface area contributed by atoms with E-state index in [1.165, 1.54) is 16.3 Å². The first kappa shape index (κ1) is 9.39. The van der Waals surface area contributed by atoms with Gasteiger partial charge in [-0.2, -0.15) is 0 Å². The summed E-state index contributed by atoms with van der Waals surface area (Å²) >= 11 is 1.41. The highest BCUT2D eigenvalue weighted by Crippen LogP contribution is 2.22. The van der Waals surface area contributed by atoms with Crippen LogP contribution in [0.25, 0.3) is 0 Å². The summed E-state index contributed by atoms with van der Waals surface area (Å²) in [6, 6.07) is 0. The van der Waals surface area contributed by atoms with Crippen LogP contribution in [-0.2, 0) is 4.79 Å². The smallest absolute Gasteiger partial charge is 0.238 e. The lowest BCUT2D eigenvalue weighted by Crippen LogP contribution is -2.40. The summed E-state index contributed by atoms with van der Waals surface area (Å²) in [7, 11) is 0. The SMILES string of the molecule is N=C1CN=[C]N=C1N1SCCCC1=O. The molecule has 14 heavy (non-hydrogen) atoms. The summed E-state index contributed by atoms with van der Waals surface area (Å²) in [5.74, 6) is 1.32. The summed E-state index contributed by atoms with van der Waals surface area (Å²) in [4.78, 5) is 19.1. The van der Waals surface area contributed by atoms with Gasteiger partial charge in [0.2, 0.25) is 5.91 Å². The molecule has 1 saturated heterocycles. The van der Waals surface area contributed by atoms with E-state index in [0.717, 1.165) is 12.2 Å². The minimum atomic E-state index is 0.0217. The van der Waals surface area contributed by atoms with E-state index in [2.05, 4.69) is 16.3 Å². The van der Waals surface area contributed by atoms with Crippen LogP contribution in [0, 0.1) is 5.41 Å². The van der Waals surface area contributed by atoms with Gasteiger partial charge in [0.25, 0.3) is 0 Å². The second-order valence-electron chi connectivity index (χ2n) is 2.96. The molecule has 5 nitrogen and oxygen atoms in total. The van der Waals surface area contributed by atoms with E-state index in [0.29, 0.717) is 12.3 Å². The molecular formula is C8H9N4OS. The number of aliphatic imine (C=N–C) groups is 2. The number of rotatable bonds is 0. The normalized spacial score (nSPS) is 22.6. The fourth-order valence-electron chi connectivity index (χ4n) is 1.24. The molecule has 2 rings (SSSR count). The van der Waals surface area contributed by atoms with Crippen molar-refractivity contribution in [1.82, 2.24) is 4.31 Å². The van der Waals surface area contributed by atoms with Crippen LogP contribution < -0.4 is 0 Å². The molecule has 0 aliphatic carbocycles. The molecule has 0 atom stereocenters.